The van der Waals surface area contributed by atoms with Crippen molar-refractivity contribution in [2.45, 2.75) is 26.9 Å². The molecule has 136 valence electrons. The number of aromatic nitrogens is 4. The van der Waals surface area contributed by atoms with E-state index in [4.69, 9.17) is 0 Å². The van der Waals surface area contributed by atoms with E-state index in [-0.39, 0.29) is 12.5 Å². The molecule has 1 N–H and O–H groups in total. The molecule has 0 bridgehead atoms. The predicted octanol–water partition coefficient (Wildman–Crippen LogP) is 3.54. The highest BCUT2D eigenvalue weighted by atomic mass is 16.2. The van der Waals surface area contributed by atoms with E-state index >= 15 is 0 Å². The van der Waals surface area contributed by atoms with E-state index in [0.717, 1.165) is 28.0 Å². The van der Waals surface area contributed by atoms with Crippen LogP contribution in [0.4, 0.5) is 5.82 Å². The number of pyridine rings is 1. The number of aryl methyl sites for hydroxylation is 2. The summed E-state index contributed by atoms with van der Waals surface area (Å²) in [5, 5.41) is 8.45. The SMILES string of the molecule is Cc1cccc(Cn2ncc(C)c2NC(=O)Cn2ccc3cccnc32)c1. The Morgan fingerprint density at radius 3 is 2.89 bits per heavy atom. The Morgan fingerprint density at radius 2 is 2.04 bits per heavy atom. The summed E-state index contributed by atoms with van der Waals surface area (Å²) in [5.41, 5.74) is 4.09. The van der Waals surface area contributed by atoms with E-state index in [1.54, 1.807) is 12.4 Å². The smallest absolute Gasteiger partial charge is 0.245 e. The Balaban J connectivity index is 1.52. The van der Waals surface area contributed by atoms with Crippen LogP contribution >= 0.6 is 0 Å². The molecule has 0 radical (unpaired) electrons. The Hall–Kier alpha value is -3.41. The van der Waals surface area contributed by atoms with E-state index < -0.39 is 0 Å². The molecule has 6 heteroatoms. The second-order valence-electron chi connectivity index (χ2n) is 6.73. The van der Waals surface area contributed by atoms with Gasteiger partial charge in [0.15, 0.2) is 0 Å². The molecule has 0 fully saturated rings. The fourth-order valence-electron chi connectivity index (χ4n) is 3.22. The zero-order valence-corrected chi connectivity index (χ0v) is 15.4. The molecular weight excluding hydrogens is 338 g/mol. The first kappa shape index (κ1) is 17.0. The molecule has 0 unspecified atom stereocenters. The second kappa shape index (κ2) is 7.07. The summed E-state index contributed by atoms with van der Waals surface area (Å²) in [5.74, 6) is 0.623. The maximum absolute atomic E-state index is 12.6. The number of fused-ring (bicyclic) bond motifs is 1. The molecular formula is C21H21N5O. The molecule has 3 aromatic heterocycles. The maximum Gasteiger partial charge on any atom is 0.245 e. The zero-order valence-electron chi connectivity index (χ0n) is 15.4. The van der Waals surface area contributed by atoms with Gasteiger partial charge in [-0.05, 0) is 37.6 Å². The van der Waals surface area contributed by atoms with Crippen LogP contribution < -0.4 is 5.32 Å². The number of carbonyl (C=O) groups excluding carboxylic acids is 1. The topological polar surface area (TPSA) is 64.7 Å². The highest BCUT2D eigenvalue weighted by Gasteiger charge is 2.13. The number of carbonyl (C=O) groups is 1. The Morgan fingerprint density at radius 1 is 1.15 bits per heavy atom. The highest BCUT2D eigenvalue weighted by Crippen LogP contribution is 2.17. The summed E-state index contributed by atoms with van der Waals surface area (Å²) in [6.07, 6.45) is 5.39. The lowest BCUT2D eigenvalue weighted by molar-refractivity contribution is -0.116. The minimum atomic E-state index is -0.104. The lowest BCUT2D eigenvalue weighted by Crippen LogP contribution is -2.21. The monoisotopic (exact) mass is 359 g/mol. The normalized spacial score (nSPS) is 11.0. The van der Waals surface area contributed by atoms with Gasteiger partial charge in [0.2, 0.25) is 5.91 Å². The van der Waals surface area contributed by atoms with E-state index in [0.29, 0.717) is 6.54 Å². The molecule has 0 saturated heterocycles. The van der Waals surface area contributed by atoms with Gasteiger partial charge < -0.3 is 9.88 Å². The number of nitrogens with one attached hydrogen (secondary N) is 1. The molecule has 0 aliphatic rings. The first-order valence-electron chi connectivity index (χ1n) is 8.88. The molecule has 0 spiro atoms. The standard InChI is InChI=1S/C21H21N5O/c1-15-5-3-6-17(11-15)13-26-20(16(2)12-23-26)24-19(27)14-25-10-8-18-7-4-9-22-21(18)25/h3-12H,13-14H2,1-2H3,(H,24,27). The first-order valence-corrected chi connectivity index (χ1v) is 8.88. The van der Waals surface area contributed by atoms with Crippen molar-refractivity contribution in [2.75, 3.05) is 5.32 Å². The Kier molecular flexibility index (Phi) is 4.46. The third-order valence-corrected chi connectivity index (χ3v) is 4.53. The van der Waals surface area contributed by atoms with Gasteiger partial charge in [0, 0.05) is 23.3 Å². The van der Waals surface area contributed by atoms with Gasteiger partial charge >= 0.3 is 0 Å². The van der Waals surface area contributed by atoms with Gasteiger partial charge in [0.05, 0.1) is 12.7 Å². The Bertz CT molecular complexity index is 1110. The molecule has 1 aromatic carbocycles. The summed E-state index contributed by atoms with van der Waals surface area (Å²) in [6.45, 7) is 4.83. The van der Waals surface area contributed by atoms with Gasteiger partial charge in [-0.2, -0.15) is 5.10 Å². The predicted molar refractivity (Wildman–Crippen MR) is 106 cm³/mol. The molecule has 1 amide bonds. The van der Waals surface area contributed by atoms with Crippen LogP contribution in [0.1, 0.15) is 16.7 Å². The molecule has 4 aromatic rings. The summed E-state index contributed by atoms with van der Waals surface area (Å²) in [4.78, 5) is 17.0. The number of benzene rings is 1. The summed E-state index contributed by atoms with van der Waals surface area (Å²) >= 11 is 0. The summed E-state index contributed by atoms with van der Waals surface area (Å²) in [6, 6.07) is 14.1. The molecule has 0 atom stereocenters. The number of hydrogen-bond donors (Lipinski definition) is 1. The van der Waals surface area contributed by atoms with Crippen LogP contribution in [0.2, 0.25) is 0 Å². The third-order valence-electron chi connectivity index (χ3n) is 4.53. The molecule has 6 nitrogen and oxygen atoms in total. The average Bonchev–Trinajstić information content (AvgIpc) is 3.20. The number of amides is 1. The van der Waals surface area contributed by atoms with E-state index in [9.17, 15) is 4.79 Å². The van der Waals surface area contributed by atoms with Crippen molar-refractivity contribution in [2.24, 2.45) is 0 Å². The largest absolute Gasteiger partial charge is 0.323 e. The van der Waals surface area contributed by atoms with E-state index in [1.165, 1.54) is 5.56 Å². The lowest BCUT2D eigenvalue weighted by atomic mass is 10.1. The second-order valence-corrected chi connectivity index (χ2v) is 6.73. The van der Waals surface area contributed by atoms with Crippen molar-refractivity contribution >= 4 is 22.8 Å². The van der Waals surface area contributed by atoms with Gasteiger partial charge in [0.25, 0.3) is 0 Å². The minimum Gasteiger partial charge on any atom is -0.323 e. The van der Waals surface area contributed by atoms with Crippen molar-refractivity contribution in [1.82, 2.24) is 19.3 Å². The van der Waals surface area contributed by atoms with Crippen LogP contribution in [-0.2, 0) is 17.9 Å². The number of nitrogens with zero attached hydrogens (tertiary/aromatic N) is 4. The van der Waals surface area contributed by atoms with Crippen LogP contribution in [-0.4, -0.2) is 25.2 Å². The van der Waals surface area contributed by atoms with Gasteiger partial charge in [-0.15, -0.1) is 0 Å². The van der Waals surface area contributed by atoms with Crippen molar-refractivity contribution in [3.8, 4) is 0 Å². The zero-order chi connectivity index (χ0) is 18.8. The molecule has 27 heavy (non-hydrogen) atoms. The Labute approximate surface area is 157 Å². The van der Waals surface area contributed by atoms with Crippen LogP contribution in [0, 0.1) is 13.8 Å². The molecule has 0 saturated carbocycles. The van der Waals surface area contributed by atoms with Crippen LogP contribution in [0.3, 0.4) is 0 Å². The number of rotatable bonds is 5. The van der Waals surface area contributed by atoms with Crippen molar-refractivity contribution in [3.05, 3.63) is 77.7 Å². The fraction of sp³-hybridized carbons (Fsp3) is 0.190. The number of hydrogen-bond acceptors (Lipinski definition) is 3. The van der Waals surface area contributed by atoms with Crippen molar-refractivity contribution in [3.63, 3.8) is 0 Å². The third kappa shape index (κ3) is 3.60. The van der Waals surface area contributed by atoms with Crippen molar-refractivity contribution < 1.29 is 4.79 Å². The molecule has 3 heterocycles. The number of anilines is 1. The van der Waals surface area contributed by atoms with Crippen LogP contribution in [0.15, 0.2) is 61.1 Å². The maximum atomic E-state index is 12.6. The lowest BCUT2D eigenvalue weighted by Gasteiger charge is -2.11. The summed E-state index contributed by atoms with van der Waals surface area (Å²) < 4.78 is 3.68. The molecule has 4 rings (SSSR count). The quantitative estimate of drug-likeness (QED) is 0.593. The molecule has 0 aliphatic heterocycles. The average molecular weight is 359 g/mol. The van der Waals surface area contributed by atoms with Gasteiger partial charge in [-0.1, -0.05) is 29.8 Å². The first-order chi connectivity index (χ1) is 13.1. The van der Waals surface area contributed by atoms with Crippen LogP contribution in [0.5, 0.6) is 0 Å². The van der Waals surface area contributed by atoms with Gasteiger partial charge in [0.1, 0.15) is 18.0 Å². The van der Waals surface area contributed by atoms with Crippen LogP contribution in [0.25, 0.3) is 11.0 Å². The fourth-order valence-corrected chi connectivity index (χ4v) is 3.22. The highest BCUT2D eigenvalue weighted by molar-refractivity contribution is 5.91. The van der Waals surface area contributed by atoms with Gasteiger partial charge in [-0.3, -0.25) is 4.79 Å². The summed E-state index contributed by atoms with van der Waals surface area (Å²) in [7, 11) is 0. The van der Waals surface area contributed by atoms with Crippen molar-refractivity contribution in [1.29, 1.82) is 0 Å². The minimum absolute atomic E-state index is 0.104. The molecule has 0 aliphatic carbocycles. The van der Waals surface area contributed by atoms with E-state index in [2.05, 4.69) is 40.5 Å². The van der Waals surface area contributed by atoms with Gasteiger partial charge in [-0.25, -0.2) is 9.67 Å². The van der Waals surface area contributed by atoms with E-state index in [1.807, 2.05) is 46.6 Å².